The Bertz CT molecular complexity index is 1120. The van der Waals surface area contributed by atoms with Crippen molar-refractivity contribution in [2.75, 3.05) is 6.54 Å². The van der Waals surface area contributed by atoms with Gasteiger partial charge in [0, 0.05) is 31.3 Å². The monoisotopic (exact) mass is 420 g/mol. The van der Waals surface area contributed by atoms with Gasteiger partial charge >= 0.3 is 6.18 Å². The molecule has 0 saturated heterocycles. The Morgan fingerprint density at radius 2 is 2.00 bits per heavy atom. The van der Waals surface area contributed by atoms with E-state index in [1.807, 2.05) is 0 Å². The van der Waals surface area contributed by atoms with Gasteiger partial charge in [-0.25, -0.2) is 9.07 Å². The van der Waals surface area contributed by atoms with E-state index in [1.54, 1.807) is 12.1 Å². The molecule has 0 aliphatic carbocycles. The second kappa shape index (κ2) is 7.52. The lowest BCUT2D eigenvalue weighted by molar-refractivity contribution is -0.137. The number of alkyl halides is 3. The van der Waals surface area contributed by atoms with E-state index in [0.717, 1.165) is 12.1 Å². The van der Waals surface area contributed by atoms with Crippen LogP contribution in [0.25, 0.3) is 5.69 Å². The molecule has 0 bridgehead atoms. The molecule has 0 fully saturated rings. The smallest absolute Gasteiger partial charge is 0.390 e. The second-order valence-electron chi connectivity index (χ2n) is 6.87. The van der Waals surface area contributed by atoms with Crippen molar-refractivity contribution in [1.29, 1.82) is 0 Å². The van der Waals surface area contributed by atoms with Crippen LogP contribution in [0.3, 0.4) is 0 Å². The molecule has 2 aromatic heterocycles. The van der Waals surface area contributed by atoms with Crippen LogP contribution < -0.4 is 5.32 Å². The van der Waals surface area contributed by atoms with Crippen LogP contribution in [0.15, 0.2) is 36.5 Å². The van der Waals surface area contributed by atoms with Crippen LogP contribution in [0.2, 0.25) is 0 Å². The summed E-state index contributed by atoms with van der Waals surface area (Å²) in [5.74, 6) is -1.30. The fourth-order valence-corrected chi connectivity index (χ4v) is 3.52. The number of aromatic nitrogens is 3. The predicted molar refractivity (Wildman–Crippen MR) is 97.5 cm³/mol. The summed E-state index contributed by atoms with van der Waals surface area (Å²) in [6.07, 6.45) is -2.71. The van der Waals surface area contributed by atoms with Crippen LogP contribution in [0, 0.1) is 5.82 Å². The number of nitrogens with one attached hydrogen (secondary N) is 1. The lowest BCUT2D eigenvalue weighted by Gasteiger charge is -2.15. The minimum Gasteiger partial charge on any atom is -0.390 e. The lowest BCUT2D eigenvalue weighted by Crippen LogP contribution is -2.32. The minimum atomic E-state index is -4.65. The quantitative estimate of drug-likeness (QED) is 0.637. The number of pyridine rings is 1. The molecule has 156 valence electrons. The van der Waals surface area contributed by atoms with Gasteiger partial charge in [-0.1, -0.05) is 0 Å². The predicted octanol–water partition coefficient (Wildman–Crippen LogP) is 2.79. The molecular formula is C20H16F4N4O2. The number of amides is 1. The number of hydrogen-bond donors (Lipinski definition) is 2. The summed E-state index contributed by atoms with van der Waals surface area (Å²) >= 11 is 0. The van der Waals surface area contributed by atoms with E-state index in [1.165, 1.54) is 10.9 Å². The highest BCUT2D eigenvalue weighted by Crippen LogP contribution is 2.31. The number of hydrogen-bond acceptors (Lipinski definition) is 4. The number of carbonyl (C=O) groups is 1. The van der Waals surface area contributed by atoms with Gasteiger partial charge in [-0.3, -0.25) is 9.78 Å². The first-order chi connectivity index (χ1) is 14.3. The summed E-state index contributed by atoms with van der Waals surface area (Å²) in [6.45, 7) is 0.00799. The average Bonchev–Trinajstić information content (AvgIpc) is 3.07. The van der Waals surface area contributed by atoms with Gasteiger partial charge in [0.15, 0.2) is 0 Å². The normalized spacial score (nSPS) is 13.8. The summed E-state index contributed by atoms with van der Waals surface area (Å²) in [4.78, 5) is 16.3. The zero-order valence-corrected chi connectivity index (χ0v) is 15.5. The summed E-state index contributed by atoms with van der Waals surface area (Å²) < 4.78 is 54.1. The zero-order chi connectivity index (χ0) is 21.5. The highest BCUT2D eigenvalue weighted by molar-refractivity contribution is 5.97. The van der Waals surface area contributed by atoms with Crippen molar-refractivity contribution in [2.24, 2.45) is 0 Å². The van der Waals surface area contributed by atoms with Crippen molar-refractivity contribution in [2.45, 2.75) is 25.6 Å². The van der Waals surface area contributed by atoms with E-state index in [2.05, 4.69) is 15.4 Å². The van der Waals surface area contributed by atoms with Gasteiger partial charge in [0.05, 0.1) is 29.1 Å². The highest BCUT2D eigenvalue weighted by Gasteiger charge is 2.31. The second-order valence-corrected chi connectivity index (χ2v) is 6.87. The summed E-state index contributed by atoms with van der Waals surface area (Å²) in [5, 5.41) is 16.6. The molecule has 1 aliphatic rings. The van der Waals surface area contributed by atoms with Gasteiger partial charge in [-0.2, -0.15) is 18.3 Å². The number of benzene rings is 1. The van der Waals surface area contributed by atoms with Gasteiger partial charge in [0.1, 0.15) is 11.5 Å². The SMILES string of the molecule is O=C1NCCc2c1c(CO)nn2-c1ccnc(Cc2cc(F)cc(C(F)(F)F)c2)c1. The van der Waals surface area contributed by atoms with E-state index in [9.17, 15) is 27.5 Å². The van der Waals surface area contributed by atoms with Crippen molar-refractivity contribution in [3.63, 3.8) is 0 Å². The molecular weight excluding hydrogens is 404 g/mol. The van der Waals surface area contributed by atoms with Crippen molar-refractivity contribution in [3.8, 4) is 5.69 Å². The standard InChI is InChI=1S/C20H16F4N4O2/c21-13-6-11(5-12(8-13)20(22,23)24)7-14-9-15(1-3-25-14)28-17-2-4-26-19(30)18(17)16(10-29)27-28/h1,3,5-6,8-9,29H,2,4,7,10H2,(H,26,30). The lowest BCUT2D eigenvalue weighted by atomic mass is 10.0. The molecule has 10 heteroatoms. The molecule has 0 saturated carbocycles. The first kappa shape index (κ1) is 20.0. The number of carbonyl (C=O) groups excluding carboxylic acids is 1. The molecule has 1 amide bonds. The Morgan fingerprint density at radius 3 is 2.73 bits per heavy atom. The number of aliphatic hydroxyl groups is 1. The fraction of sp³-hybridized carbons (Fsp3) is 0.250. The third-order valence-electron chi connectivity index (χ3n) is 4.79. The van der Waals surface area contributed by atoms with Crippen LogP contribution >= 0.6 is 0 Å². The third-order valence-corrected chi connectivity index (χ3v) is 4.79. The van der Waals surface area contributed by atoms with Crippen molar-refractivity contribution >= 4 is 5.91 Å². The summed E-state index contributed by atoms with van der Waals surface area (Å²) in [6, 6.07) is 5.62. The first-order valence-electron chi connectivity index (χ1n) is 9.08. The van der Waals surface area contributed by atoms with Gasteiger partial charge in [-0.05, 0) is 35.9 Å². The van der Waals surface area contributed by atoms with E-state index >= 15 is 0 Å². The van der Waals surface area contributed by atoms with E-state index in [4.69, 9.17) is 0 Å². The number of aliphatic hydroxyl groups excluding tert-OH is 1. The number of fused-ring (bicyclic) bond motifs is 1. The van der Waals surface area contributed by atoms with Gasteiger partial charge in [0.2, 0.25) is 0 Å². The minimum absolute atomic E-state index is 0.0223. The average molecular weight is 420 g/mol. The number of nitrogens with zero attached hydrogens (tertiary/aromatic N) is 3. The van der Waals surface area contributed by atoms with E-state index in [0.29, 0.717) is 41.7 Å². The molecule has 4 rings (SSSR count). The van der Waals surface area contributed by atoms with Crippen molar-refractivity contribution in [1.82, 2.24) is 20.1 Å². The molecule has 2 N–H and O–H groups in total. The van der Waals surface area contributed by atoms with E-state index < -0.39 is 24.2 Å². The largest absolute Gasteiger partial charge is 0.416 e. The molecule has 6 nitrogen and oxygen atoms in total. The van der Waals surface area contributed by atoms with E-state index in [-0.39, 0.29) is 23.6 Å². The number of rotatable bonds is 4. The summed E-state index contributed by atoms with van der Waals surface area (Å²) in [7, 11) is 0. The fourth-order valence-electron chi connectivity index (χ4n) is 3.52. The molecule has 30 heavy (non-hydrogen) atoms. The zero-order valence-electron chi connectivity index (χ0n) is 15.5. The Kier molecular flexibility index (Phi) is 5.02. The van der Waals surface area contributed by atoms with Crippen LogP contribution in [-0.2, 0) is 25.6 Å². The Hall–Kier alpha value is -3.27. The topological polar surface area (TPSA) is 80.0 Å². The summed E-state index contributed by atoms with van der Waals surface area (Å²) in [5.41, 5.74) is 1.20. The van der Waals surface area contributed by atoms with Crippen molar-refractivity contribution < 1.29 is 27.5 Å². The molecule has 3 heterocycles. The highest BCUT2D eigenvalue weighted by atomic mass is 19.4. The van der Waals surface area contributed by atoms with Crippen molar-refractivity contribution in [3.05, 3.63) is 76.1 Å². The maximum Gasteiger partial charge on any atom is 0.416 e. The number of halogens is 4. The van der Waals surface area contributed by atoms with Crippen LogP contribution in [0.1, 0.15) is 38.6 Å². The first-order valence-corrected chi connectivity index (χ1v) is 9.08. The van der Waals surface area contributed by atoms with Crippen LogP contribution in [-0.4, -0.2) is 32.3 Å². The molecule has 0 unspecified atom stereocenters. The van der Waals surface area contributed by atoms with Gasteiger partial charge in [0.25, 0.3) is 5.91 Å². The van der Waals surface area contributed by atoms with Gasteiger partial charge < -0.3 is 10.4 Å². The maximum absolute atomic E-state index is 13.7. The van der Waals surface area contributed by atoms with Gasteiger partial charge in [-0.15, -0.1) is 0 Å². The molecule has 1 aliphatic heterocycles. The molecule has 0 atom stereocenters. The molecule has 1 aromatic carbocycles. The molecule has 0 spiro atoms. The molecule has 0 radical (unpaired) electrons. The maximum atomic E-state index is 13.7. The Morgan fingerprint density at radius 1 is 1.20 bits per heavy atom. The third kappa shape index (κ3) is 3.78. The van der Waals surface area contributed by atoms with Crippen LogP contribution in [0.4, 0.5) is 17.6 Å². The Labute approximate surface area is 168 Å². The molecule has 3 aromatic rings. The Balaban J connectivity index is 1.70. The van der Waals surface area contributed by atoms with Crippen LogP contribution in [0.5, 0.6) is 0 Å².